The van der Waals surface area contributed by atoms with Gasteiger partial charge in [-0.15, -0.1) is 0 Å². The Labute approximate surface area is 120 Å². The topological polar surface area (TPSA) is 66.8 Å². The molecule has 1 aliphatic carbocycles. The van der Waals surface area contributed by atoms with Crippen LogP contribution in [0.5, 0.6) is 0 Å². The zero-order valence-electron chi connectivity index (χ0n) is 12.6. The number of aliphatic hydroxyl groups is 1. The lowest BCUT2D eigenvalue weighted by molar-refractivity contribution is -0.129. The van der Waals surface area contributed by atoms with E-state index in [1.165, 1.54) is 0 Å². The molecule has 0 bridgehead atoms. The first-order valence-electron chi connectivity index (χ1n) is 7.37. The average Bonchev–Trinajstić information content (AvgIpc) is 2.25. The fourth-order valence-corrected chi connectivity index (χ4v) is 3.27. The average molecular weight is 283 g/mol. The lowest BCUT2D eigenvalue weighted by Gasteiger charge is -2.44. The van der Waals surface area contributed by atoms with Gasteiger partial charge in [-0.05, 0) is 45.4 Å². The maximum atomic E-state index is 12.0. The summed E-state index contributed by atoms with van der Waals surface area (Å²) in [5.74, 6) is 0.148. The second-order valence-corrected chi connectivity index (χ2v) is 7.24. The number of aliphatic hydroxyl groups excluding tert-OH is 1. The SMILES string of the molecule is CC(C)(C)OC(=O)N1CCC2(CC1)CC(=O)CC(O)C2. The number of hydrogen-bond acceptors (Lipinski definition) is 4. The number of amides is 1. The van der Waals surface area contributed by atoms with E-state index in [1.54, 1.807) is 4.90 Å². The summed E-state index contributed by atoms with van der Waals surface area (Å²) in [6.45, 7) is 6.77. The minimum absolute atomic E-state index is 0.104. The van der Waals surface area contributed by atoms with E-state index in [0.717, 1.165) is 12.8 Å². The van der Waals surface area contributed by atoms with Crippen molar-refractivity contribution in [1.29, 1.82) is 0 Å². The van der Waals surface area contributed by atoms with Gasteiger partial charge in [-0.3, -0.25) is 4.79 Å². The summed E-state index contributed by atoms with van der Waals surface area (Å²) in [6.07, 6.45) is 2.27. The van der Waals surface area contributed by atoms with E-state index in [4.69, 9.17) is 4.74 Å². The lowest BCUT2D eigenvalue weighted by Crippen LogP contribution is -2.48. The van der Waals surface area contributed by atoms with Gasteiger partial charge in [0, 0.05) is 25.9 Å². The van der Waals surface area contributed by atoms with Crippen molar-refractivity contribution in [1.82, 2.24) is 4.90 Å². The molecule has 20 heavy (non-hydrogen) atoms. The first-order valence-corrected chi connectivity index (χ1v) is 7.37. The second kappa shape index (κ2) is 5.35. The van der Waals surface area contributed by atoms with Crippen LogP contribution in [0.2, 0.25) is 0 Å². The number of ether oxygens (including phenoxy) is 1. The summed E-state index contributed by atoms with van der Waals surface area (Å²) < 4.78 is 5.37. The Balaban J connectivity index is 1.92. The number of carbonyl (C=O) groups is 2. The molecule has 0 aromatic carbocycles. The van der Waals surface area contributed by atoms with Crippen LogP contribution in [0.4, 0.5) is 4.79 Å². The molecule has 1 N–H and O–H groups in total. The van der Waals surface area contributed by atoms with Gasteiger partial charge in [0.25, 0.3) is 0 Å². The Hall–Kier alpha value is -1.10. The predicted octanol–water partition coefficient (Wildman–Crippen LogP) is 2.12. The summed E-state index contributed by atoms with van der Waals surface area (Å²) >= 11 is 0. The third-order valence-electron chi connectivity index (χ3n) is 4.18. The Bertz CT molecular complexity index is 391. The largest absolute Gasteiger partial charge is 0.444 e. The molecule has 1 saturated heterocycles. The van der Waals surface area contributed by atoms with Gasteiger partial charge in [-0.2, -0.15) is 0 Å². The van der Waals surface area contributed by atoms with Gasteiger partial charge in [-0.25, -0.2) is 4.79 Å². The van der Waals surface area contributed by atoms with E-state index in [9.17, 15) is 14.7 Å². The lowest BCUT2D eigenvalue weighted by atomic mass is 9.67. The van der Waals surface area contributed by atoms with E-state index in [2.05, 4.69) is 0 Å². The first kappa shape index (κ1) is 15.3. The van der Waals surface area contributed by atoms with Crippen LogP contribution in [0.25, 0.3) is 0 Å². The van der Waals surface area contributed by atoms with Gasteiger partial charge in [0.15, 0.2) is 0 Å². The van der Waals surface area contributed by atoms with Gasteiger partial charge >= 0.3 is 6.09 Å². The first-order chi connectivity index (χ1) is 9.19. The molecule has 1 saturated carbocycles. The third kappa shape index (κ3) is 3.72. The summed E-state index contributed by atoms with van der Waals surface area (Å²) in [5.41, 5.74) is -0.587. The van der Waals surface area contributed by atoms with Crippen LogP contribution in [0.3, 0.4) is 0 Å². The van der Waals surface area contributed by atoms with Crippen molar-refractivity contribution in [2.45, 2.75) is 64.6 Å². The molecule has 1 aliphatic heterocycles. The van der Waals surface area contributed by atoms with Crippen LogP contribution in [0, 0.1) is 5.41 Å². The Morgan fingerprint density at radius 3 is 2.45 bits per heavy atom. The molecule has 2 aliphatic rings. The molecule has 1 heterocycles. The van der Waals surface area contributed by atoms with E-state index >= 15 is 0 Å². The number of rotatable bonds is 0. The number of hydrogen-bond donors (Lipinski definition) is 1. The number of Topliss-reactive ketones (excluding diaryl/α,β-unsaturated/α-hetero) is 1. The minimum Gasteiger partial charge on any atom is -0.444 e. The van der Waals surface area contributed by atoms with Crippen LogP contribution < -0.4 is 0 Å². The summed E-state index contributed by atoms with van der Waals surface area (Å²) in [6, 6.07) is 0. The monoisotopic (exact) mass is 283 g/mol. The van der Waals surface area contributed by atoms with E-state index in [0.29, 0.717) is 25.9 Å². The zero-order valence-corrected chi connectivity index (χ0v) is 12.6. The van der Waals surface area contributed by atoms with Crippen LogP contribution in [-0.4, -0.2) is 46.7 Å². The third-order valence-corrected chi connectivity index (χ3v) is 4.18. The number of nitrogens with zero attached hydrogens (tertiary/aromatic N) is 1. The maximum absolute atomic E-state index is 12.0. The molecule has 0 radical (unpaired) electrons. The molecule has 1 spiro atoms. The highest BCUT2D eigenvalue weighted by atomic mass is 16.6. The van der Waals surface area contributed by atoms with Crippen LogP contribution in [0.15, 0.2) is 0 Å². The molecule has 1 amide bonds. The van der Waals surface area contributed by atoms with Crippen molar-refractivity contribution >= 4 is 11.9 Å². The van der Waals surface area contributed by atoms with Crippen molar-refractivity contribution in [3.63, 3.8) is 0 Å². The predicted molar refractivity (Wildman–Crippen MR) is 74.3 cm³/mol. The van der Waals surface area contributed by atoms with Gasteiger partial charge < -0.3 is 14.7 Å². The Morgan fingerprint density at radius 1 is 1.35 bits per heavy atom. The maximum Gasteiger partial charge on any atom is 0.410 e. The molecule has 114 valence electrons. The quantitative estimate of drug-likeness (QED) is 0.739. The second-order valence-electron chi connectivity index (χ2n) is 7.24. The van der Waals surface area contributed by atoms with Crippen molar-refractivity contribution in [3.8, 4) is 0 Å². The highest BCUT2D eigenvalue weighted by Crippen LogP contribution is 2.43. The highest BCUT2D eigenvalue weighted by Gasteiger charge is 2.42. The molecule has 1 unspecified atom stereocenters. The van der Waals surface area contributed by atoms with E-state index in [-0.39, 0.29) is 23.7 Å². The van der Waals surface area contributed by atoms with Crippen LogP contribution in [0.1, 0.15) is 52.9 Å². The normalized spacial score (nSPS) is 26.7. The number of likely N-dealkylation sites (tertiary alicyclic amines) is 1. The standard InChI is InChI=1S/C15H25NO4/c1-14(2,3)20-13(19)16-6-4-15(5-7-16)9-11(17)8-12(18)10-15/h11,17H,4-10H2,1-3H3. The number of ketones is 1. The van der Waals surface area contributed by atoms with Crippen molar-refractivity contribution in [2.24, 2.45) is 5.41 Å². The summed E-state index contributed by atoms with van der Waals surface area (Å²) in [7, 11) is 0. The van der Waals surface area contributed by atoms with Gasteiger partial charge in [0.2, 0.25) is 0 Å². The Kier molecular flexibility index (Phi) is 4.09. The minimum atomic E-state index is -0.510. The molecule has 2 fully saturated rings. The molecular weight excluding hydrogens is 258 g/mol. The van der Waals surface area contributed by atoms with E-state index < -0.39 is 11.7 Å². The van der Waals surface area contributed by atoms with Crippen LogP contribution >= 0.6 is 0 Å². The van der Waals surface area contributed by atoms with Crippen molar-refractivity contribution < 1.29 is 19.4 Å². The van der Waals surface area contributed by atoms with Gasteiger partial charge in [0.1, 0.15) is 11.4 Å². The van der Waals surface area contributed by atoms with E-state index in [1.807, 2.05) is 20.8 Å². The van der Waals surface area contributed by atoms with Crippen LogP contribution in [-0.2, 0) is 9.53 Å². The molecule has 0 aromatic rings. The number of piperidine rings is 1. The fraction of sp³-hybridized carbons (Fsp3) is 0.867. The molecular formula is C15H25NO4. The molecule has 2 rings (SSSR count). The van der Waals surface area contributed by atoms with Crippen molar-refractivity contribution in [3.05, 3.63) is 0 Å². The van der Waals surface area contributed by atoms with Gasteiger partial charge in [0.05, 0.1) is 6.10 Å². The fourth-order valence-electron chi connectivity index (χ4n) is 3.27. The summed E-state index contributed by atoms with van der Waals surface area (Å²) in [4.78, 5) is 25.4. The van der Waals surface area contributed by atoms with Crippen molar-refractivity contribution in [2.75, 3.05) is 13.1 Å². The highest BCUT2D eigenvalue weighted by molar-refractivity contribution is 5.80. The summed E-state index contributed by atoms with van der Waals surface area (Å²) in [5, 5.41) is 9.80. The smallest absolute Gasteiger partial charge is 0.410 e. The zero-order chi connectivity index (χ0) is 15.0. The molecule has 0 aromatic heterocycles. The number of carbonyl (C=O) groups excluding carboxylic acids is 2. The molecule has 5 nitrogen and oxygen atoms in total. The van der Waals surface area contributed by atoms with Gasteiger partial charge in [-0.1, -0.05) is 0 Å². The molecule has 5 heteroatoms. The molecule has 1 atom stereocenters. The Morgan fingerprint density at radius 2 is 1.95 bits per heavy atom.